The first-order valence-corrected chi connectivity index (χ1v) is 9.46. The van der Waals surface area contributed by atoms with E-state index in [1.165, 1.54) is 10.5 Å². The zero-order chi connectivity index (χ0) is 20.4. The molecule has 0 bridgehead atoms. The number of guanidine groups is 1. The molecule has 0 aliphatic rings. The van der Waals surface area contributed by atoms with Gasteiger partial charge in [0.25, 0.3) is 5.91 Å². The van der Waals surface area contributed by atoms with E-state index < -0.39 is 0 Å². The molecule has 28 heavy (non-hydrogen) atoms. The molecule has 0 atom stereocenters. The lowest BCUT2D eigenvalue weighted by molar-refractivity contribution is -0.130. The number of benzene rings is 2. The van der Waals surface area contributed by atoms with Crippen LogP contribution < -0.4 is 15.4 Å². The molecule has 0 aromatic heterocycles. The number of halogens is 1. The highest BCUT2D eigenvalue weighted by molar-refractivity contribution is 6.30. The average molecular weight is 403 g/mol. The van der Waals surface area contributed by atoms with E-state index in [9.17, 15) is 4.79 Å². The van der Waals surface area contributed by atoms with Gasteiger partial charge in [-0.05, 0) is 41.8 Å². The molecular formula is C21H27ClN4O2. The molecule has 0 aliphatic heterocycles. The van der Waals surface area contributed by atoms with Gasteiger partial charge in [0, 0.05) is 39.3 Å². The van der Waals surface area contributed by atoms with E-state index in [0.29, 0.717) is 12.3 Å². The lowest BCUT2D eigenvalue weighted by Gasteiger charge is -2.14. The number of amides is 1. The normalized spacial score (nSPS) is 11.1. The predicted octanol–water partition coefficient (Wildman–Crippen LogP) is 2.71. The van der Waals surface area contributed by atoms with Gasteiger partial charge in [-0.2, -0.15) is 0 Å². The second-order valence-electron chi connectivity index (χ2n) is 6.45. The Bertz CT molecular complexity index is 791. The predicted molar refractivity (Wildman–Crippen MR) is 114 cm³/mol. The van der Waals surface area contributed by atoms with Gasteiger partial charge in [-0.25, -0.2) is 0 Å². The van der Waals surface area contributed by atoms with E-state index in [1.807, 2.05) is 48.5 Å². The van der Waals surface area contributed by atoms with E-state index in [2.05, 4.69) is 15.6 Å². The van der Waals surface area contributed by atoms with Gasteiger partial charge in [0.15, 0.2) is 12.6 Å². The minimum Gasteiger partial charge on any atom is -0.484 e. The zero-order valence-electron chi connectivity index (χ0n) is 16.5. The molecule has 0 radical (unpaired) electrons. The van der Waals surface area contributed by atoms with Crippen LogP contribution in [0.1, 0.15) is 11.1 Å². The number of likely N-dealkylation sites (N-methyl/N-ethyl adjacent to an activating group) is 1. The van der Waals surface area contributed by atoms with Crippen LogP contribution in [0.15, 0.2) is 53.5 Å². The van der Waals surface area contributed by atoms with Crippen molar-refractivity contribution >= 4 is 23.5 Å². The van der Waals surface area contributed by atoms with Gasteiger partial charge < -0.3 is 20.3 Å². The highest BCUT2D eigenvalue weighted by Crippen LogP contribution is 2.13. The molecule has 150 valence electrons. The van der Waals surface area contributed by atoms with Crippen LogP contribution in [0.2, 0.25) is 5.02 Å². The van der Waals surface area contributed by atoms with Gasteiger partial charge in [-0.1, -0.05) is 35.9 Å². The molecular weight excluding hydrogens is 376 g/mol. The molecule has 0 saturated carbocycles. The number of ether oxygens (including phenoxy) is 1. The van der Waals surface area contributed by atoms with Crippen LogP contribution in [0.4, 0.5) is 0 Å². The van der Waals surface area contributed by atoms with Crippen molar-refractivity contribution in [2.45, 2.75) is 13.0 Å². The van der Waals surface area contributed by atoms with E-state index in [-0.39, 0.29) is 12.5 Å². The molecule has 0 aliphatic carbocycles. The van der Waals surface area contributed by atoms with E-state index in [1.54, 1.807) is 21.1 Å². The molecule has 0 spiro atoms. The van der Waals surface area contributed by atoms with Crippen molar-refractivity contribution in [3.05, 3.63) is 64.7 Å². The van der Waals surface area contributed by atoms with Crippen molar-refractivity contribution in [3.63, 3.8) is 0 Å². The van der Waals surface area contributed by atoms with E-state index >= 15 is 0 Å². The summed E-state index contributed by atoms with van der Waals surface area (Å²) in [6.45, 7) is 1.38. The van der Waals surface area contributed by atoms with Crippen molar-refractivity contribution < 1.29 is 9.53 Å². The lowest BCUT2D eigenvalue weighted by Crippen LogP contribution is -2.37. The molecule has 2 N–H and O–H groups in total. The molecule has 0 unspecified atom stereocenters. The smallest absolute Gasteiger partial charge is 0.259 e. The quantitative estimate of drug-likeness (QED) is 0.526. The monoisotopic (exact) mass is 402 g/mol. The molecule has 0 saturated heterocycles. The minimum atomic E-state index is -0.0752. The summed E-state index contributed by atoms with van der Waals surface area (Å²) >= 11 is 5.91. The fraction of sp³-hybridized carbons (Fsp3) is 0.333. The number of aliphatic imine (C=N–C) groups is 1. The first-order chi connectivity index (χ1) is 13.5. The fourth-order valence-electron chi connectivity index (χ4n) is 2.40. The van der Waals surface area contributed by atoms with Gasteiger partial charge >= 0.3 is 0 Å². The first-order valence-electron chi connectivity index (χ1n) is 9.09. The van der Waals surface area contributed by atoms with Crippen molar-refractivity contribution in [2.75, 3.05) is 34.3 Å². The molecule has 0 heterocycles. The van der Waals surface area contributed by atoms with Crippen LogP contribution in [0, 0.1) is 0 Å². The molecule has 2 aromatic carbocycles. The summed E-state index contributed by atoms with van der Waals surface area (Å²) in [6, 6.07) is 15.5. The molecule has 7 heteroatoms. The van der Waals surface area contributed by atoms with Gasteiger partial charge in [-0.3, -0.25) is 9.79 Å². The van der Waals surface area contributed by atoms with Crippen LogP contribution in [0.5, 0.6) is 5.75 Å². The van der Waals surface area contributed by atoms with Crippen LogP contribution in [0.3, 0.4) is 0 Å². The molecule has 6 nitrogen and oxygen atoms in total. The molecule has 1 amide bonds. The van der Waals surface area contributed by atoms with Crippen molar-refractivity contribution in [2.24, 2.45) is 4.99 Å². The first kappa shape index (κ1) is 21.6. The third-order valence-corrected chi connectivity index (χ3v) is 4.31. The van der Waals surface area contributed by atoms with Gasteiger partial charge in [0.05, 0.1) is 0 Å². The Morgan fingerprint density at radius 1 is 1.11 bits per heavy atom. The van der Waals surface area contributed by atoms with E-state index in [0.717, 1.165) is 29.5 Å². The van der Waals surface area contributed by atoms with Gasteiger partial charge in [0.1, 0.15) is 5.75 Å². The second-order valence-corrected chi connectivity index (χ2v) is 6.89. The third-order valence-electron chi connectivity index (χ3n) is 4.06. The summed E-state index contributed by atoms with van der Waals surface area (Å²) in [4.78, 5) is 17.4. The lowest BCUT2D eigenvalue weighted by atomic mass is 10.1. The average Bonchev–Trinajstić information content (AvgIpc) is 2.70. The van der Waals surface area contributed by atoms with Crippen LogP contribution in [-0.2, 0) is 17.8 Å². The fourth-order valence-corrected chi connectivity index (χ4v) is 2.53. The maximum atomic E-state index is 11.6. The minimum absolute atomic E-state index is 0.0256. The Morgan fingerprint density at radius 2 is 1.86 bits per heavy atom. The highest BCUT2D eigenvalue weighted by Gasteiger charge is 2.06. The Balaban J connectivity index is 1.78. The topological polar surface area (TPSA) is 66.0 Å². The summed E-state index contributed by atoms with van der Waals surface area (Å²) in [7, 11) is 5.15. The van der Waals surface area contributed by atoms with Crippen molar-refractivity contribution in [1.29, 1.82) is 0 Å². The number of nitrogens with zero attached hydrogens (tertiary/aromatic N) is 2. The largest absolute Gasteiger partial charge is 0.484 e. The maximum Gasteiger partial charge on any atom is 0.259 e. The van der Waals surface area contributed by atoms with Crippen LogP contribution >= 0.6 is 11.6 Å². The summed E-state index contributed by atoms with van der Waals surface area (Å²) in [6.07, 6.45) is 0.876. The van der Waals surface area contributed by atoms with Gasteiger partial charge in [-0.15, -0.1) is 0 Å². The standard InChI is InChI=1S/C21H27ClN4O2/c1-23-21(24-12-11-16-7-9-18(22)10-8-16)25-14-17-5-4-6-19(13-17)28-15-20(27)26(2)3/h4-10,13H,11-12,14-15H2,1-3H3,(H2,23,24,25). The number of hydrogen-bond donors (Lipinski definition) is 2. The third kappa shape index (κ3) is 7.48. The molecule has 0 fully saturated rings. The Hall–Kier alpha value is -2.73. The number of nitrogens with one attached hydrogen (secondary N) is 2. The van der Waals surface area contributed by atoms with Crippen molar-refractivity contribution in [1.82, 2.24) is 15.5 Å². The second kappa shape index (κ2) is 11.2. The number of carbonyl (C=O) groups is 1. The summed E-state index contributed by atoms with van der Waals surface area (Å²) in [5.74, 6) is 1.32. The van der Waals surface area contributed by atoms with Gasteiger partial charge in [0.2, 0.25) is 0 Å². The van der Waals surface area contributed by atoms with Crippen molar-refractivity contribution in [3.8, 4) is 5.75 Å². The van der Waals surface area contributed by atoms with Crippen LogP contribution in [0.25, 0.3) is 0 Å². The number of hydrogen-bond acceptors (Lipinski definition) is 3. The van der Waals surface area contributed by atoms with Crippen LogP contribution in [-0.4, -0.2) is 51.1 Å². The molecule has 2 aromatic rings. The Labute approximate surface area is 171 Å². The summed E-state index contributed by atoms with van der Waals surface area (Å²) in [5.41, 5.74) is 2.25. The zero-order valence-corrected chi connectivity index (χ0v) is 17.3. The Morgan fingerprint density at radius 3 is 2.54 bits per heavy atom. The molecule has 2 rings (SSSR count). The number of rotatable bonds is 8. The summed E-state index contributed by atoms with van der Waals surface area (Å²) < 4.78 is 5.55. The summed E-state index contributed by atoms with van der Waals surface area (Å²) in [5, 5.41) is 7.31. The van der Waals surface area contributed by atoms with E-state index in [4.69, 9.17) is 16.3 Å². The highest BCUT2D eigenvalue weighted by atomic mass is 35.5. The maximum absolute atomic E-state index is 11.6. The SMILES string of the molecule is CN=C(NCCc1ccc(Cl)cc1)NCc1cccc(OCC(=O)N(C)C)c1. The number of carbonyl (C=O) groups excluding carboxylic acids is 1. The Kier molecular flexibility index (Phi) is 8.62.